The highest BCUT2D eigenvalue weighted by Crippen LogP contribution is 2.46. The minimum Gasteiger partial charge on any atom is -0.311 e. The van der Waals surface area contributed by atoms with Gasteiger partial charge in [0.15, 0.2) is 0 Å². The summed E-state index contributed by atoms with van der Waals surface area (Å²) >= 11 is 0. The summed E-state index contributed by atoms with van der Waals surface area (Å²) in [4.78, 5) is 2.54. The Morgan fingerprint density at radius 3 is 2.05 bits per heavy atom. The SMILES string of the molecule is CC(C)(C)Cc1cc2ccc3ccc(N4c5ccccc5B5c6ccccc6-c6cccc4c65)c4ccc(c1)c2c34. The molecule has 0 aliphatic carbocycles. The van der Waals surface area contributed by atoms with Gasteiger partial charge in [-0.3, -0.25) is 0 Å². The molecule has 7 aromatic carbocycles. The van der Waals surface area contributed by atoms with Crippen LogP contribution in [0.2, 0.25) is 0 Å². The van der Waals surface area contributed by atoms with Gasteiger partial charge in [0.05, 0.1) is 5.69 Å². The zero-order chi connectivity index (χ0) is 27.5. The first kappa shape index (κ1) is 23.2. The smallest absolute Gasteiger partial charge is 0.248 e. The highest BCUT2D eigenvalue weighted by Gasteiger charge is 2.42. The first-order chi connectivity index (χ1) is 20.0. The molecule has 0 spiro atoms. The summed E-state index contributed by atoms with van der Waals surface area (Å²) in [6.45, 7) is 7.24. The maximum absolute atomic E-state index is 2.54. The minimum atomic E-state index is 0.253. The number of benzene rings is 7. The lowest BCUT2D eigenvalue weighted by molar-refractivity contribution is 0.411. The van der Waals surface area contributed by atoms with Crippen molar-refractivity contribution in [2.24, 2.45) is 5.41 Å². The van der Waals surface area contributed by atoms with Crippen LogP contribution in [0.5, 0.6) is 0 Å². The second-order valence-electron chi connectivity index (χ2n) is 13.2. The molecular weight excluding hydrogens is 493 g/mol. The maximum atomic E-state index is 2.54. The number of fused-ring (bicyclic) bond motifs is 5. The van der Waals surface area contributed by atoms with Crippen LogP contribution in [0.4, 0.5) is 17.1 Å². The van der Waals surface area contributed by atoms with E-state index in [1.165, 1.54) is 82.5 Å². The molecule has 0 fully saturated rings. The Hall–Kier alpha value is -4.56. The summed E-state index contributed by atoms with van der Waals surface area (Å²) in [6, 6.07) is 43.7. The lowest BCUT2D eigenvalue weighted by Crippen LogP contribution is -2.54. The van der Waals surface area contributed by atoms with Crippen molar-refractivity contribution in [3.05, 3.63) is 121 Å². The molecule has 0 amide bonds. The number of para-hydroxylation sites is 1. The molecule has 194 valence electrons. The molecular formula is C39H30BN. The van der Waals surface area contributed by atoms with Crippen LogP contribution in [0.25, 0.3) is 43.4 Å². The van der Waals surface area contributed by atoms with E-state index in [0.717, 1.165) is 6.42 Å². The molecule has 0 atom stereocenters. The second kappa shape index (κ2) is 8.01. The topological polar surface area (TPSA) is 3.24 Å². The number of anilines is 3. The summed E-state index contributed by atoms with van der Waals surface area (Å²) in [5, 5.41) is 8.05. The van der Waals surface area contributed by atoms with Gasteiger partial charge in [-0.15, -0.1) is 0 Å². The van der Waals surface area contributed by atoms with Gasteiger partial charge < -0.3 is 4.90 Å². The predicted octanol–water partition coefficient (Wildman–Crippen LogP) is 8.45. The molecule has 2 heterocycles. The van der Waals surface area contributed by atoms with Crippen LogP contribution >= 0.6 is 0 Å². The molecule has 2 aliphatic rings. The number of hydrogen-bond donors (Lipinski definition) is 0. The second-order valence-corrected chi connectivity index (χ2v) is 13.2. The molecule has 0 bridgehead atoms. The van der Waals surface area contributed by atoms with Crippen LogP contribution in [-0.2, 0) is 6.42 Å². The average molecular weight is 523 g/mol. The van der Waals surface area contributed by atoms with E-state index < -0.39 is 0 Å². The van der Waals surface area contributed by atoms with Gasteiger partial charge in [0, 0.05) is 16.8 Å². The Kier molecular flexibility index (Phi) is 4.53. The van der Waals surface area contributed by atoms with Crippen molar-refractivity contribution in [2.45, 2.75) is 27.2 Å². The first-order valence-electron chi connectivity index (χ1n) is 14.8. The summed E-state index contributed by atoms with van der Waals surface area (Å²) in [6.07, 6.45) is 1.07. The molecule has 0 saturated carbocycles. The van der Waals surface area contributed by atoms with E-state index in [9.17, 15) is 0 Å². The third-order valence-corrected chi connectivity index (χ3v) is 9.27. The number of rotatable bonds is 2. The van der Waals surface area contributed by atoms with E-state index in [2.05, 4.69) is 141 Å². The monoisotopic (exact) mass is 523 g/mol. The van der Waals surface area contributed by atoms with Crippen molar-refractivity contribution < 1.29 is 0 Å². The molecule has 0 saturated heterocycles. The van der Waals surface area contributed by atoms with E-state index in [1.54, 1.807) is 0 Å². The van der Waals surface area contributed by atoms with Crippen molar-refractivity contribution in [3.63, 3.8) is 0 Å². The first-order valence-corrected chi connectivity index (χ1v) is 14.8. The quantitative estimate of drug-likeness (QED) is 0.162. The highest BCUT2D eigenvalue weighted by atomic mass is 15.2. The molecule has 0 unspecified atom stereocenters. The third-order valence-electron chi connectivity index (χ3n) is 9.27. The van der Waals surface area contributed by atoms with E-state index in [1.807, 2.05) is 0 Å². The zero-order valence-electron chi connectivity index (χ0n) is 23.7. The van der Waals surface area contributed by atoms with Crippen molar-refractivity contribution in [1.82, 2.24) is 0 Å². The standard InChI is InChI=1S/C39H30BN/c1-39(2,3)23-24-21-26-16-15-25-18-20-33(30-19-17-27(22-24)36(26)37(25)30)41-34-13-7-6-12-32(34)40-31-11-5-4-9-28(31)29-10-8-14-35(41)38(29)40/h4-22H,23H2,1-3H3. The van der Waals surface area contributed by atoms with Gasteiger partial charge in [-0.1, -0.05) is 123 Å². The van der Waals surface area contributed by atoms with Crippen LogP contribution < -0.4 is 21.3 Å². The summed E-state index contributed by atoms with van der Waals surface area (Å²) < 4.78 is 0. The molecule has 1 nitrogen and oxygen atoms in total. The lowest BCUT2D eigenvalue weighted by atomic mass is 9.37. The Labute approximate surface area is 241 Å². The van der Waals surface area contributed by atoms with Crippen molar-refractivity contribution in [3.8, 4) is 11.1 Å². The van der Waals surface area contributed by atoms with Gasteiger partial charge in [0.25, 0.3) is 0 Å². The molecule has 0 N–H and O–H groups in total. The Bertz CT molecular complexity index is 2170. The molecule has 9 rings (SSSR count). The average Bonchev–Trinajstić information content (AvgIpc) is 3.31. The molecule has 7 aromatic rings. The van der Waals surface area contributed by atoms with Crippen LogP contribution in [0, 0.1) is 5.41 Å². The van der Waals surface area contributed by atoms with Crippen molar-refractivity contribution in [1.29, 1.82) is 0 Å². The summed E-state index contributed by atoms with van der Waals surface area (Å²) in [5.74, 6) is 0. The van der Waals surface area contributed by atoms with Gasteiger partial charge in [-0.2, -0.15) is 0 Å². The van der Waals surface area contributed by atoms with E-state index in [4.69, 9.17) is 0 Å². The van der Waals surface area contributed by atoms with Gasteiger partial charge in [0.1, 0.15) is 0 Å². The lowest BCUT2D eigenvalue weighted by Gasteiger charge is -2.36. The molecule has 0 radical (unpaired) electrons. The number of nitrogens with zero attached hydrogens (tertiary/aromatic N) is 1. The maximum Gasteiger partial charge on any atom is 0.248 e. The fraction of sp³-hybridized carbons (Fsp3) is 0.128. The van der Waals surface area contributed by atoms with Crippen molar-refractivity contribution >= 4 is 72.5 Å². The number of hydrogen-bond acceptors (Lipinski definition) is 1. The summed E-state index contributed by atoms with van der Waals surface area (Å²) in [7, 11) is 0. The minimum absolute atomic E-state index is 0.253. The molecule has 2 aliphatic heterocycles. The van der Waals surface area contributed by atoms with Crippen LogP contribution in [0.15, 0.2) is 115 Å². The Morgan fingerprint density at radius 1 is 0.561 bits per heavy atom. The Balaban J connectivity index is 1.33. The van der Waals surface area contributed by atoms with Gasteiger partial charge in [0.2, 0.25) is 6.71 Å². The van der Waals surface area contributed by atoms with E-state index in [-0.39, 0.29) is 12.1 Å². The zero-order valence-corrected chi connectivity index (χ0v) is 23.7. The normalized spacial score (nSPS) is 13.7. The van der Waals surface area contributed by atoms with Gasteiger partial charge in [-0.05, 0) is 84.6 Å². The van der Waals surface area contributed by atoms with Crippen LogP contribution in [0.1, 0.15) is 26.3 Å². The van der Waals surface area contributed by atoms with Crippen LogP contribution in [-0.4, -0.2) is 6.71 Å². The predicted molar refractivity (Wildman–Crippen MR) is 178 cm³/mol. The molecule has 41 heavy (non-hydrogen) atoms. The van der Waals surface area contributed by atoms with Crippen molar-refractivity contribution in [2.75, 3.05) is 4.90 Å². The van der Waals surface area contributed by atoms with Crippen LogP contribution in [0.3, 0.4) is 0 Å². The summed E-state index contributed by atoms with van der Waals surface area (Å²) in [5.41, 5.74) is 12.5. The Morgan fingerprint density at radius 2 is 1.22 bits per heavy atom. The fourth-order valence-corrected chi connectivity index (χ4v) is 7.86. The van der Waals surface area contributed by atoms with E-state index in [0.29, 0.717) is 0 Å². The third kappa shape index (κ3) is 3.19. The highest BCUT2D eigenvalue weighted by molar-refractivity contribution is 7.01. The van der Waals surface area contributed by atoms with Gasteiger partial charge >= 0.3 is 0 Å². The molecule has 0 aromatic heterocycles. The molecule has 2 heteroatoms. The van der Waals surface area contributed by atoms with Gasteiger partial charge in [-0.25, -0.2) is 0 Å². The fourth-order valence-electron chi connectivity index (χ4n) is 7.86. The largest absolute Gasteiger partial charge is 0.311 e. The van der Waals surface area contributed by atoms with E-state index >= 15 is 0 Å².